The van der Waals surface area contributed by atoms with Crippen LogP contribution >= 0.6 is 0 Å². The molecule has 9 aromatic rings. The molecule has 1 aliphatic heterocycles. The van der Waals surface area contributed by atoms with Crippen molar-refractivity contribution in [3.63, 3.8) is 0 Å². The highest BCUT2D eigenvalue weighted by molar-refractivity contribution is 6.20. The van der Waals surface area contributed by atoms with Gasteiger partial charge in [0.2, 0.25) is 0 Å². The molecule has 0 spiro atoms. The number of fused-ring (bicyclic) bond motifs is 5. The molecular weight excluding hydrogens is 623 g/mol. The molecule has 10 rings (SSSR count). The van der Waals surface area contributed by atoms with Crippen molar-refractivity contribution in [2.75, 3.05) is 0 Å². The predicted octanol–water partition coefficient (Wildman–Crippen LogP) is 11.7. The Bertz CT molecular complexity index is 2830. The molecule has 0 aliphatic carbocycles. The zero-order chi connectivity index (χ0) is 33.7. The Morgan fingerprint density at radius 1 is 0.412 bits per heavy atom. The summed E-state index contributed by atoms with van der Waals surface area (Å²) >= 11 is 0. The lowest BCUT2D eigenvalue weighted by atomic mass is 9.98. The summed E-state index contributed by atoms with van der Waals surface area (Å²) in [5, 5.41) is 10.4. The van der Waals surface area contributed by atoms with Crippen LogP contribution in [0.2, 0.25) is 0 Å². The highest BCUT2D eigenvalue weighted by atomic mass is 16.3. The van der Waals surface area contributed by atoms with Crippen LogP contribution in [0.25, 0.3) is 65.7 Å². The Balaban J connectivity index is 1.13. The zero-order valence-electron chi connectivity index (χ0n) is 27.6. The fourth-order valence-electron chi connectivity index (χ4n) is 7.39. The van der Waals surface area contributed by atoms with Crippen LogP contribution in [0, 0.1) is 0 Å². The molecule has 0 amide bonds. The standard InChI is InChI=1S/C47H31N3O/c1-3-11-30(12-4-1)33-21-22-35-28-37(24-23-34(35)27-33)45-48-46(39-18-9-16-32-15-7-8-17-38(32)39)50-47(49-45)41-19-10-20-42-44(41)40-26-25-36(29-43(40)51-42)31-13-5-2-6-14-31/h1-29,47H,(H,48,49,50). The smallest absolute Gasteiger partial charge is 0.170 e. The lowest BCUT2D eigenvalue weighted by Gasteiger charge is -2.23. The quantitative estimate of drug-likeness (QED) is 0.201. The van der Waals surface area contributed by atoms with Crippen LogP contribution in [0.4, 0.5) is 0 Å². The molecule has 0 saturated heterocycles. The van der Waals surface area contributed by atoms with Crippen molar-refractivity contribution in [2.45, 2.75) is 6.17 Å². The summed E-state index contributed by atoms with van der Waals surface area (Å²) < 4.78 is 6.50. The van der Waals surface area contributed by atoms with E-state index in [1.807, 2.05) is 18.2 Å². The minimum atomic E-state index is -0.496. The number of amidine groups is 2. The van der Waals surface area contributed by atoms with Gasteiger partial charge in [-0.2, -0.15) is 0 Å². The average Bonchev–Trinajstić information content (AvgIpc) is 3.59. The summed E-state index contributed by atoms with van der Waals surface area (Å²) in [6.07, 6.45) is -0.496. The number of benzene rings is 8. The molecule has 0 bridgehead atoms. The number of rotatable bonds is 5. The van der Waals surface area contributed by atoms with Crippen LogP contribution in [0.15, 0.2) is 190 Å². The van der Waals surface area contributed by atoms with Crippen molar-refractivity contribution < 1.29 is 4.42 Å². The van der Waals surface area contributed by atoms with Gasteiger partial charge in [0, 0.05) is 27.5 Å². The Morgan fingerprint density at radius 2 is 1.04 bits per heavy atom. The molecule has 1 N–H and O–H groups in total. The fraction of sp³-hybridized carbons (Fsp3) is 0.0213. The maximum atomic E-state index is 6.50. The van der Waals surface area contributed by atoms with Crippen LogP contribution in [0.3, 0.4) is 0 Å². The largest absolute Gasteiger partial charge is 0.456 e. The van der Waals surface area contributed by atoms with Crippen LogP contribution in [-0.4, -0.2) is 11.7 Å². The highest BCUT2D eigenvalue weighted by Gasteiger charge is 2.25. The number of furan rings is 1. The van der Waals surface area contributed by atoms with E-state index in [1.165, 1.54) is 16.5 Å². The van der Waals surface area contributed by atoms with E-state index in [9.17, 15) is 0 Å². The second-order valence-electron chi connectivity index (χ2n) is 13.0. The molecule has 0 fully saturated rings. The molecule has 0 radical (unpaired) electrons. The summed E-state index contributed by atoms with van der Waals surface area (Å²) in [7, 11) is 0. The van der Waals surface area contributed by atoms with Gasteiger partial charge in [0.25, 0.3) is 0 Å². The molecule has 1 aliphatic rings. The van der Waals surface area contributed by atoms with E-state index in [1.54, 1.807) is 0 Å². The normalized spacial score (nSPS) is 14.5. The van der Waals surface area contributed by atoms with Crippen molar-refractivity contribution in [3.05, 3.63) is 193 Å². The highest BCUT2D eigenvalue weighted by Crippen LogP contribution is 2.39. The van der Waals surface area contributed by atoms with E-state index in [0.717, 1.165) is 77.6 Å². The maximum absolute atomic E-state index is 6.50. The Kier molecular flexibility index (Phi) is 6.85. The summed E-state index contributed by atoms with van der Waals surface area (Å²) in [5.74, 6) is 1.57. The average molecular weight is 654 g/mol. The number of hydrogen-bond acceptors (Lipinski definition) is 4. The minimum absolute atomic E-state index is 0.496. The topological polar surface area (TPSA) is 49.9 Å². The number of nitrogens with zero attached hydrogens (tertiary/aromatic N) is 2. The summed E-state index contributed by atoms with van der Waals surface area (Å²) in [5.41, 5.74) is 9.40. The molecule has 240 valence electrons. The molecule has 4 heteroatoms. The first-order chi connectivity index (χ1) is 25.2. The van der Waals surface area contributed by atoms with Crippen LogP contribution in [0.5, 0.6) is 0 Å². The third-order valence-corrected chi connectivity index (χ3v) is 9.92. The first-order valence-corrected chi connectivity index (χ1v) is 17.3. The van der Waals surface area contributed by atoms with Crippen molar-refractivity contribution in [1.82, 2.24) is 5.32 Å². The van der Waals surface area contributed by atoms with Gasteiger partial charge in [-0.1, -0.05) is 146 Å². The first-order valence-electron chi connectivity index (χ1n) is 17.3. The van der Waals surface area contributed by atoms with Crippen LogP contribution in [-0.2, 0) is 0 Å². The third kappa shape index (κ3) is 5.17. The molecular formula is C47H31N3O. The summed E-state index contributed by atoms with van der Waals surface area (Å²) in [6.45, 7) is 0. The van der Waals surface area contributed by atoms with Gasteiger partial charge in [-0.25, -0.2) is 9.98 Å². The SMILES string of the molecule is c1ccc(-c2ccc3cc(C4=NC(c5cccc6oc7cc(-c8ccccc8)ccc7c56)N=C(c5cccc6ccccc56)N4)ccc3c2)cc1. The third-order valence-electron chi connectivity index (χ3n) is 9.92. The number of nitrogens with one attached hydrogen (secondary N) is 1. The Hall–Kier alpha value is -6.78. The lowest BCUT2D eigenvalue weighted by molar-refractivity contribution is 0.668. The van der Waals surface area contributed by atoms with Crippen LogP contribution in [0.1, 0.15) is 22.9 Å². The lowest BCUT2D eigenvalue weighted by Crippen LogP contribution is -2.36. The van der Waals surface area contributed by atoms with E-state index in [4.69, 9.17) is 14.4 Å². The van der Waals surface area contributed by atoms with E-state index >= 15 is 0 Å². The Morgan fingerprint density at radius 3 is 1.84 bits per heavy atom. The second-order valence-corrected chi connectivity index (χ2v) is 13.0. The molecule has 1 atom stereocenters. The van der Waals surface area contributed by atoms with Crippen molar-refractivity contribution in [1.29, 1.82) is 0 Å². The molecule has 4 nitrogen and oxygen atoms in total. The molecule has 2 heterocycles. The second kappa shape index (κ2) is 12.0. The maximum Gasteiger partial charge on any atom is 0.170 e. The van der Waals surface area contributed by atoms with E-state index in [0.29, 0.717) is 0 Å². The number of hydrogen-bond donors (Lipinski definition) is 1. The molecule has 1 aromatic heterocycles. The van der Waals surface area contributed by atoms with Gasteiger partial charge in [0.05, 0.1) is 0 Å². The number of aliphatic imine (C=N–C) groups is 2. The van der Waals surface area contributed by atoms with Gasteiger partial charge < -0.3 is 9.73 Å². The molecule has 8 aromatic carbocycles. The van der Waals surface area contributed by atoms with E-state index in [2.05, 4.69) is 163 Å². The summed E-state index contributed by atoms with van der Waals surface area (Å²) in [6, 6.07) is 61.6. The first kappa shape index (κ1) is 29.2. The zero-order valence-corrected chi connectivity index (χ0v) is 27.6. The Labute approximate surface area is 295 Å². The van der Waals surface area contributed by atoms with Gasteiger partial charge in [0.1, 0.15) is 22.8 Å². The molecule has 51 heavy (non-hydrogen) atoms. The summed E-state index contributed by atoms with van der Waals surface area (Å²) in [4.78, 5) is 10.7. The van der Waals surface area contributed by atoms with Crippen molar-refractivity contribution in [3.8, 4) is 22.3 Å². The monoisotopic (exact) mass is 653 g/mol. The van der Waals surface area contributed by atoms with Gasteiger partial charge in [0.15, 0.2) is 6.17 Å². The van der Waals surface area contributed by atoms with Crippen molar-refractivity contribution >= 4 is 55.2 Å². The molecule has 1 unspecified atom stereocenters. The van der Waals surface area contributed by atoms with Crippen LogP contribution < -0.4 is 5.32 Å². The fourth-order valence-corrected chi connectivity index (χ4v) is 7.39. The van der Waals surface area contributed by atoms with Crippen molar-refractivity contribution in [2.24, 2.45) is 9.98 Å². The van der Waals surface area contributed by atoms with Gasteiger partial charge in [-0.15, -0.1) is 0 Å². The van der Waals surface area contributed by atoms with Gasteiger partial charge in [-0.3, -0.25) is 0 Å². The van der Waals surface area contributed by atoms with E-state index < -0.39 is 6.17 Å². The van der Waals surface area contributed by atoms with Gasteiger partial charge in [-0.05, 0) is 74.1 Å². The van der Waals surface area contributed by atoms with Gasteiger partial charge >= 0.3 is 0 Å². The molecule has 0 saturated carbocycles. The predicted molar refractivity (Wildman–Crippen MR) is 211 cm³/mol. The minimum Gasteiger partial charge on any atom is -0.456 e. The van der Waals surface area contributed by atoms with E-state index in [-0.39, 0.29) is 0 Å².